The normalized spacial score (nSPS) is 15.6. The minimum atomic E-state index is -0.285. The zero-order valence-electron chi connectivity index (χ0n) is 9.02. The van der Waals surface area contributed by atoms with Gasteiger partial charge in [-0.25, -0.2) is 4.79 Å². The lowest BCUT2D eigenvalue weighted by atomic mass is 10.1. The molecule has 0 amide bonds. The fraction of sp³-hybridized carbons (Fsp3) is 0.417. The molecule has 2 rings (SSSR count). The molecular weight excluding hydrogens is 206 g/mol. The Kier molecular flexibility index (Phi) is 3.54. The lowest BCUT2D eigenvalue weighted by Gasteiger charge is -2.25. The largest absolute Gasteiger partial charge is 0.454 e. The summed E-state index contributed by atoms with van der Waals surface area (Å²) in [6.07, 6.45) is 0.752. The molecule has 1 fully saturated rings. The second-order valence-corrected chi connectivity index (χ2v) is 3.80. The number of rotatable bonds is 4. The van der Waals surface area contributed by atoms with Crippen molar-refractivity contribution in [2.75, 3.05) is 19.8 Å². The van der Waals surface area contributed by atoms with Crippen molar-refractivity contribution in [1.29, 1.82) is 0 Å². The summed E-state index contributed by atoms with van der Waals surface area (Å²) in [6.45, 7) is 1.64. The van der Waals surface area contributed by atoms with E-state index in [-0.39, 0.29) is 12.1 Å². The molecule has 1 saturated heterocycles. The van der Waals surface area contributed by atoms with Crippen molar-refractivity contribution < 1.29 is 14.3 Å². The van der Waals surface area contributed by atoms with Gasteiger partial charge in [-0.05, 0) is 30.7 Å². The number of benzene rings is 1. The number of hydrogen-bond donors (Lipinski definition) is 1. The molecule has 4 heteroatoms. The van der Waals surface area contributed by atoms with Crippen molar-refractivity contribution in [3.05, 3.63) is 35.4 Å². The van der Waals surface area contributed by atoms with Crippen LogP contribution < -0.4 is 5.73 Å². The standard InChI is InChI=1S/C12H15NO3/c13-6-5-9-1-3-10(4-2-9)12(14)16-11-7-15-8-11/h1-4,11H,5-8,13H2. The number of ether oxygens (including phenoxy) is 2. The molecule has 1 aromatic rings. The van der Waals surface area contributed by atoms with Gasteiger partial charge in [0.1, 0.15) is 6.10 Å². The van der Waals surface area contributed by atoms with Crippen LogP contribution >= 0.6 is 0 Å². The van der Waals surface area contributed by atoms with Crippen LogP contribution in [0.5, 0.6) is 0 Å². The van der Waals surface area contributed by atoms with E-state index in [1.165, 1.54) is 0 Å². The van der Waals surface area contributed by atoms with Gasteiger partial charge in [-0.2, -0.15) is 0 Å². The molecule has 86 valence electrons. The lowest BCUT2D eigenvalue weighted by Crippen LogP contribution is -2.37. The Balaban J connectivity index is 1.94. The molecule has 0 aromatic heterocycles. The molecule has 0 bridgehead atoms. The van der Waals surface area contributed by atoms with Gasteiger partial charge in [0.2, 0.25) is 0 Å². The van der Waals surface area contributed by atoms with Crippen molar-refractivity contribution in [3.8, 4) is 0 Å². The van der Waals surface area contributed by atoms with Gasteiger partial charge in [-0.15, -0.1) is 0 Å². The maximum absolute atomic E-state index is 11.6. The number of nitrogens with two attached hydrogens (primary N) is 1. The van der Waals surface area contributed by atoms with E-state index in [9.17, 15) is 4.79 Å². The molecule has 1 heterocycles. The van der Waals surface area contributed by atoms with Crippen LogP contribution in [0.4, 0.5) is 0 Å². The summed E-state index contributed by atoms with van der Waals surface area (Å²) in [5.74, 6) is -0.285. The van der Waals surface area contributed by atoms with Crippen LogP contribution in [-0.4, -0.2) is 31.8 Å². The predicted molar refractivity (Wildman–Crippen MR) is 59.2 cm³/mol. The first kappa shape index (κ1) is 11.1. The van der Waals surface area contributed by atoms with E-state index in [0.29, 0.717) is 25.3 Å². The fourth-order valence-corrected chi connectivity index (χ4v) is 1.48. The van der Waals surface area contributed by atoms with Gasteiger partial charge in [0.15, 0.2) is 0 Å². The molecule has 1 aliphatic rings. The highest BCUT2D eigenvalue weighted by Crippen LogP contribution is 2.11. The first-order chi connectivity index (χ1) is 7.79. The van der Waals surface area contributed by atoms with Crippen molar-refractivity contribution in [1.82, 2.24) is 0 Å². The SMILES string of the molecule is NCCc1ccc(C(=O)OC2COC2)cc1. The molecule has 0 atom stereocenters. The maximum Gasteiger partial charge on any atom is 0.338 e. The van der Waals surface area contributed by atoms with Crippen LogP contribution in [0.2, 0.25) is 0 Å². The van der Waals surface area contributed by atoms with Gasteiger partial charge in [0.25, 0.3) is 0 Å². The van der Waals surface area contributed by atoms with Crippen LogP contribution in [0.15, 0.2) is 24.3 Å². The van der Waals surface area contributed by atoms with Gasteiger partial charge in [-0.1, -0.05) is 12.1 Å². The maximum atomic E-state index is 11.6. The molecule has 16 heavy (non-hydrogen) atoms. The van der Waals surface area contributed by atoms with Crippen LogP contribution in [0, 0.1) is 0 Å². The fourth-order valence-electron chi connectivity index (χ4n) is 1.48. The molecule has 0 unspecified atom stereocenters. The Morgan fingerprint density at radius 3 is 2.56 bits per heavy atom. The molecule has 0 aliphatic carbocycles. The topological polar surface area (TPSA) is 61.6 Å². The highest BCUT2D eigenvalue weighted by Gasteiger charge is 2.23. The van der Waals surface area contributed by atoms with E-state index in [0.717, 1.165) is 12.0 Å². The minimum absolute atomic E-state index is 0.0729. The predicted octanol–water partition coefficient (Wildman–Crippen LogP) is 0.743. The second-order valence-electron chi connectivity index (χ2n) is 3.80. The van der Waals surface area contributed by atoms with Crippen LogP contribution in [0.25, 0.3) is 0 Å². The number of carbonyl (C=O) groups excluding carboxylic acids is 1. The average molecular weight is 221 g/mol. The molecule has 0 spiro atoms. The lowest BCUT2D eigenvalue weighted by molar-refractivity contribution is -0.103. The van der Waals surface area contributed by atoms with Crippen molar-refractivity contribution in [2.45, 2.75) is 12.5 Å². The van der Waals surface area contributed by atoms with E-state index < -0.39 is 0 Å². The molecule has 1 aliphatic heterocycles. The van der Waals surface area contributed by atoms with E-state index in [2.05, 4.69) is 0 Å². The summed E-state index contributed by atoms with van der Waals surface area (Å²) < 4.78 is 10.1. The van der Waals surface area contributed by atoms with Gasteiger partial charge in [0, 0.05) is 0 Å². The number of esters is 1. The summed E-state index contributed by atoms with van der Waals surface area (Å²) in [5.41, 5.74) is 7.15. The summed E-state index contributed by atoms with van der Waals surface area (Å²) in [7, 11) is 0. The minimum Gasteiger partial charge on any atom is -0.454 e. The van der Waals surface area contributed by atoms with Gasteiger partial charge in [-0.3, -0.25) is 0 Å². The number of carbonyl (C=O) groups is 1. The average Bonchev–Trinajstić information content (AvgIpc) is 2.25. The highest BCUT2D eigenvalue weighted by molar-refractivity contribution is 5.89. The summed E-state index contributed by atoms with van der Waals surface area (Å²) in [5, 5.41) is 0. The van der Waals surface area contributed by atoms with Crippen LogP contribution in [0.3, 0.4) is 0 Å². The molecule has 2 N–H and O–H groups in total. The molecule has 0 saturated carbocycles. The molecule has 1 aromatic carbocycles. The zero-order chi connectivity index (χ0) is 11.4. The first-order valence-electron chi connectivity index (χ1n) is 5.37. The Labute approximate surface area is 94.3 Å². The highest BCUT2D eigenvalue weighted by atomic mass is 16.6. The van der Waals surface area contributed by atoms with E-state index in [4.69, 9.17) is 15.2 Å². The number of hydrogen-bond acceptors (Lipinski definition) is 4. The zero-order valence-corrected chi connectivity index (χ0v) is 9.02. The first-order valence-corrected chi connectivity index (χ1v) is 5.37. The van der Waals surface area contributed by atoms with Crippen LogP contribution in [-0.2, 0) is 15.9 Å². The van der Waals surface area contributed by atoms with Gasteiger partial charge >= 0.3 is 5.97 Å². The third-order valence-electron chi connectivity index (χ3n) is 2.50. The molecular formula is C12H15NO3. The van der Waals surface area contributed by atoms with E-state index in [1.54, 1.807) is 12.1 Å². The quantitative estimate of drug-likeness (QED) is 0.762. The third kappa shape index (κ3) is 2.59. The van der Waals surface area contributed by atoms with Crippen molar-refractivity contribution in [2.24, 2.45) is 5.73 Å². The Morgan fingerprint density at radius 2 is 2.06 bits per heavy atom. The van der Waals surface area contributed by atoms with E-state index >= 15 is 0 Å². The van der Waals surface area contributed by atoms with Gasteiger partial charge < -0.3 is 15.2 Å². The van der Waals surface area contributed by atoms with Crippen molar-refractivity contribution in [3.63, 3.8) is 0 Å². The monoisotopic (exact) mass is 221 g/mol. The smallest absolute Gasteiger partial charge is 0.338 e. The molecule has 4 nitrogen and oxygen atoms in total. The third-order valence-corrected chi connectivity index (χ3v) is 2.50. The summed E-state index contributed by atoms with van der Waals surface area (Å²) in [6, 6.07) is 7.35. The van der Waals surface area contributed by atoms with E-state index in [1.807, 2.05) is 12.1 Å². The Bertz CT molecular complexity index is 357. The Morgan fingerprint density at radius 1 is 1.38 bits per heavy atom. The summed E-state index contributed by atoms with van der Waals surface area (Å²) in [4.78, 5) is 11.6. The van der Waals surface area contributed by atoms with Crippen molar-refractivity contribution >= 4 is 5.97 Å². The Hall–Kier alpha value is -1.39. The summed E-state index contributed by atoms with van der Waals surface area (Å²) >= 11 is 0. The second kappa shape index (κ2) is 5.09. The van der Waals surface area contributed by atoms with Gasteiger partial charge in [0.05, 0.1) is 18.8 Å². The van der Waals surface area contributed by atoms with Crippen LogP contribution in [0.1, 0.15) is 15.9 Å². The molecule has 0 radical (unpaired) electrons.